The van der Waals surface area contributed by atoms with Crippen LogP contribution in [-0.4, -0.2) is 10.5 Å². The van der Waals surface area contributed by atoms with Gasteiger partial charge in [0.05, 0.1) is 12.7 Å². The van der Waals surface area contributed by atoms with Crippen LogP contribution in [0.3, 0.4) is 0 Å². The Morgan fingerprint density at radius 3 is 2.78 bits per heavy atom. The summed E-state index contributed by atoms with van der Waals surface area (Å²) in [5.41, 5.74) is 0.706. The van der Waals surface area contributed by atoms with Crippen LogP contribution in [-0.2, 0) is 6.54 Å². The van der Waals surface area contributed by atoms with Crippen LogP contribution in [0.2, 0.25) is 0 Å². The van der Waals surface area contributed by atoms with Gasteiger partial charge in [-0.25, -0.2) is 9.37 Å². The molecule has 0 aliphatic heterocycles. The third-order valence-electron chi connectivity index (χ3n) is 2.43. The summed E-state index contributed by atoms with van der Waals surface area (Å²) in [6.45, 7) is 6.77. The van der Waals surface area contributed by atoms with Crippen LogP contribution in [0.25, 0.3) is 11.3 Å². The van der Waals surface area contributed by atoms with Crippen molar-refractivity contribution in [2.24, 2.45) is 0 Å². The Labute approximate surface area is 106 Å². The second-order valence-corrected chi connectivity index (χ2v) is 5.23. The molecule has 1 N–H and O–H groups in total. The van der Waals surface area contributed by atoms with Gasteiger partial charge in [-0.2, -0.15) is 0 Å². The van der Waals surface area contributed by atoms with E-state index in [4.69, 9.17) is 4.42 Å². The Hall–Kier alpha value is -1.68. The van der Waals surface area contributed by atoms with Gasteiger partial charge in [-0.05, 0) is 32.9 Å². The molecule has 0 amide bonds. The van der Waals surface area contributed by atoms with Gasteiger partial charge in [-0.3, -0.25) is 0 Å². The minimum Gasteiger partial charge on any atom is -0.439 e. The molecule has 1 heterocycles. The molecule has 0 radical (unpaired) electrons. The van der Waals surface area contributed by atoms with Gasteiger partial charge < -0.3 is 9.73 Å². The molecule has 0 bridgehead atoms. The van der Waals surface area contributed by atoms with Crippen LogP contribution >= 0.6 is 0 Å². The average Bonchev–Trinajstić information content (AvgIpc) is 2.74. The lowest BCUT2D eigenvalue weighted by molar-refractivity contribution is 0.383. The number of rotatable bonds is 3. The maximum Gasteiger partial charge on any atom is 0.208 e. The Balaban J connectivity index is 2.11. The molecule has 3 nitrogen and oxygen atoms in total. The van der Waals surface area contributed by atoms with E-state index >= 15 is 0 Å². The molecule has 1 aromatic carbocycles. The zero-order valence-corrected chi connectivity index (χ0v) is 10.8. The number of hydrogen-bond donors (Lipinski definition) is 1. The van der Waals surface area contributed by atoms with Crippen molar-refractivity contribution in [2.75, 3.05) is 0 Å². The summed E-state index contributed by atoms with van der Waals surface area (Å²) in [4.78, 5) is 4.17. The predicted molar refractivity (Wildman–Crippen MR) is 68.5 cm³/mol. The highest BCUT2D eigenvalue weighted by molar-refractivity contribution is 5.56. The van der Waals surface area contributed by atoms with E-state index in [0.29, 0.717) is 23.8 Å². The number of nitrogens with one attached hydrogen (secondary N) is 1. The van der Waals surface area contributed by atoms with E-state index in [9.17, 15) is 4.39 Å². The SMILES string of the molecule is CC(C)(C)NCc1ncc(-c2cccc(F)c2)o1. The molecule has 0 unspecified atom stereocenters. The summed E-state index contributed by atoms with van der Waals surface area (Å²) >= 11 is 0. The number of oxazole rings is 1. The summed E-state index contributed by atoms with van der Waals surface area (Å²) in [5, 5.41) is 3.28. The first kappa shape index (κ1) is 12.8. The first-order chi connectivity index (χ1) is 8.44. The third-order valence-corrected chi connectivity index (χ3v) is 2.43. The Kier molecular flexibility index (Phi) is 3.48. The highest BCUT2D eigenvalue weighted by Gasteiger charge is 2.12. The zero-order valence-electron chi connectivity index (χ0n) is 10.8. The minimum atomic E-state index is -0.279. The molecular formula is C14H17FN2O. The number of nitrogens with zero attached hydrogens (tertiary/aromatic N) is 1. The number of aromatic nitrogens is 1. The fourth-order valence-electron chi connectivity index (χ4n) is 1.51. The van der Waals surface area contributed by atoms with E-state index in [0.717, 1.165) is 0 Å². The standard InChI is InChI=1S/C14H17FN2O/c1-14(2,3)17-9-13-16-8-12(18-13)10-5-4-6-11(15)7-10/h4-8,17H,9H2,1-3H3. The average molecular weight is 248 g/mol. The highest BCUT2D eigenvalue weighted by atomic mass is 19.1. The van der Waals surface area contributed by atoms with Crippen molar-refractivity contribution in [3.63, 3.8) is 0 Å². The quantitative estimate of drug-likeness (QED) is 0.905. The monoisotopic (exact) mass is 248 g/mol. The Morgan fingerprint density at radius 1 is 1.33 bits per heavy atom. The Bertz CT molecular complexity index is 529. The Morgan fingerprint density at radius 2 is 2.11 bits per heavy atom. The van der Waals surface area contributed by atoms with Gasteiger partial charge in [0.15, 0.2) is 5.76 Å². The van der Waals surface area contributed by atoms with Crippen molar-refractivity contribution in [3.8, 4) is 11.3 Å². The summed E-state index contributed by atoms with van der Waals surface area (Å²) < 4.78 is 18.7. The minimum absolute atomic E-state index is 0.00743. The zero-order chi connectivity index (χ0) is 13.2. The second kappa shape index (κ2) is 4.90. The number of halogens is 1. The predicted octanol–water partition coefficient (Wildman–Crippen LogP) is 3.37. The first-order valence-electron chi connectivity index (χ1n) is 5.90. The van der Waals surface area contributed by atoms with E-state index in [1.165, 1.54) is 12.1 Å². The molecule has 2 rings (SSSR count). The molecular weight excluding hydrogens is 231 g/mol. The molecule has 0 spiro atoms. The van der Waals surface area contributed by atoms with Crippen molar-refractivity contribution < 1.29 is 8.81 Å². The van der Waals surface area contributed by atoms with E-state index in [1.54, 1.807) is 18.3 Å². The highest BCUT2D eigenvalue weighted by Crippen LogP contribution is 2.21. The van der Waals surface area contributed by atoms with E-state index in [1.807, 2.05) is 0 Å². The molecule has 18 heavy (non-hydrogen) atoms. The lowest BCUT2D eigenvalue weighted by Crippen LogP contribution is -2.35. The van der Waals surface area contributed by atoms with Gasteiger partial charge in [-0.1, -0.05) is 12.1 Å². The smallest absolute Gasteiger partial charge is 0.208 e. The summed E-state index contributed by atoms with van der Waals surface area (Å²) in [5.74, 6) is 0.905. The lowest BCUT2D eigenvalue weighted by atomic mass is 10.1. The van der Waals surface area contributed by atoms with Gasteiger partial charge in [0.2, 0.25) is 5.89 Å². The van der Waals surface area contributed by atoms with Gasteiger partial charge in [0.25, 0.3) is 0 Å². The van der Waals surface area contributed by atoms with Gasteiger partial charge in [0.1, 0.15) is 5.82 Å². The van der Waals surface area contributed by atoms with Crippen molar-refractivity contribution in [1.29, 1.82) is 0 Å². The van der Waals surface area contributed by atoms with Crippen molar-refractivity contribution in [2.45, 2.75) is 32.9 Å². The number of benzene rings is 1. The van der Waals surface area contributed by atoms with Crippen LogP contribution in [0.4, 0.5) is 4.39 Å². The van der Waals surface area contributed by atoms with Crippen molar-refractivity contribution in [1.82, 2.24) is 10.3 Å². The lowest BCUT2D eigenvalue weighted by Gasteiger charge is -2.18. The summed E-state index contributed by atoms with van der Waals surface area (Å²) in [6.07, 6.45) is 1.62. The second-order valence-electron chi connectivity index (χ2n) is 5.23. The van der Waals surface area contributed by atoms with Crippen LogP contribution in [0.5, 0.6) is 0 Å². The topological polar surface area (TPSA) is 38.1 Å². The third kappa shape index (κ3) is 3.40. The van der Waals surface area contributed by atoms with Gasteiger partial charge in [0, 0.05) is 11.1 Å². The van der Waals surface area contributed by atoms with Gasteiger partial charge >= 0.3 is 0 Å². The molecule has 0 atom stereocenters. The molecule has 96 valence electrons. The fourth-order valence-corrected chi connectivity index (χ4v) is 1.51. The first-order valence-corrected chi connectivity index (χ1v) is 5.90. The molecule has 0 saturated carbocycles. The van der Waals surface area contributed by atoms with E-state index in [2.05, 4.69) is 31.1 Å². The molecule has 1 aromatic heterocycles. The summed E-state index contributed by atoms with van der Waals surface area (Å²) in [7, 11) is 0. The maximum atomic E-state index is 13.1. The molecule has 4 heteroatoms. The van der Waals surface area contributed by atoms with Crippen molar-refractivity contribution >= 4 is 0 Å². The van der Waals surface area contributed by atoms with Crippen molar-refractivity contribution in [3.05, 3.63) is 42.2 Å². The van der Waals surface area contributed by atoms with Gasteiger partial charge in [-0.15, -0.1) is 0 Å². The van der Waals surface area contributed by atoms with Crippen LogP contribution in [0.1, 0.15) is 26.7 Å². The van der Waals surface area contributed by atoms with Crippen LogP contribution in [0.15, 0.2) is 34.9 Å². The largest absolute Gasteiger partial charge is 0.439 e. The molecule has 0 fully saturated rings. The van der Waals surface area contributed by atoms with Crippen LogP contribution in [0, 0.1) is 5.82 Å². The number of hydrogen-bond acceptors (Lipinski definition) is 3. The molecule has 0 aliphatic carbocycles. The molecule has 0 aliphatic rings. The molecule has 0 saturated heterocycles. The normalized spacial score (nSPS) is 11.8. The fraction of sp³-hybridized carbons (Fsp3) is 0.357. The maximum absolute atomic E-state index is 13.1. The van der Waals surface area contributed by atoms with E-state index in [-0.39, 0.29) is 11.4 Å². The molecule has 2 aromatic rings. The van der Waals surface area contributed by atoms with E-state index < -0.39 is 0 Å². The summed E-state index contributed by atoms with van der Waals surface area (Å²) in [6, 6.07) is 6.29. The van der Waals surface area contributed by atoms with Crippen LogP contribution < -0.4 is 5.32 Å².